The van der Waals surface area contributed by atoms with Crippen LogP contribution in [0.5, 0.6) is 0 Å². The Hall–Kier alpha value is 0.774. The number of rotatable bonds is 5. The molecule has 0 fully saturated rings. The van der Waals surface area contributed by atoms with Gasteiger partial charge in [0.05, 0.1) is 8.07 Å². The summed E-state index contributed by atoms with van der Waals surface area (Å²) in [6, 6.07) is 0. The predicted octanol–water partition coefficient (Wildman–Crippen LogP) is 1.42. The molecule has 0 amide bonds. The fraction of sp³-hybridized carbons (Fsp3) is 0.875. The first-order valence-electron chi connectivity index (χ1n) is 4.06. The van der Waals surface area contributed by atoms with E-state index >= 15 is 0 Å². The van der Waals surface area contributed by atoms with Crippen molar-refractivity contribution in [2.45, 2.75) is 32.5 Å². The first-order chi connectivity index (χ1) is 4.56. The van der Waals surface area contributed by atoms with Gasteiger partial charge < -0.3 is 5.32 Å². The first-order valence-corrected chi connectivity index (χ1v) is 7.77. The zero-order valence-electron chi connectivity index (χ0n) is 7.54. The van der Waals surface area contributed by atoms with Crippen molar-refractivity contribution < 1.29 is 0 Å². The van der Waals surface area contributed by atoms with Crippen molar-refractivity contribution in [3.63, 3.8) is 0 Å². The molecule has 3 heteroatoms. The molecule has 0 spiro atoms. The molecule has 0 heterocycles. The van der Waals surface area contributed by atoms with Crippen molar-refractivity contribution in [2.24, 2.45) is 0 Å². The summed E-state index contributed by atoms with van der Waals surface area (Å²) in [5, 5.41) is 3.45. The Morgan fingerprint density at radius 1 is 1.27 bits per heavy atom. The van der Waals surface area contributed by atoms with Gasteiger partial charge in [-0.25, -0.2) is 0 Å². The number of unbranched alkanes of at least 4 members (excludes halogenated alkanes) is 1. The topological polar surface area (TPSA) is 12.0 Å². The molecular weight excluding hydrogens is 145 g/mol. The van der Waals surface area contributed by atoms with E-state index < -0.39 is 8.07 Å². The van der Waals surface area contributed by atoms with E-state index in [1.54, 1.807) is 0 Å². The fourth-order valence-corrected chi connectivity index (χ4v) is 1.64. The number of nitrogens with one attached hydrogen (secondary N) is 1. The van der Waals surface area contributed by atoms with E-state index in [4.69, 9.17) is 0 Å². The molecule has 0 aliphatic carbocycles. The molecule has 0 rings (SSSR count). The van der Waals surface area contributed by atoms with E-state index in [1.807, 2.05) is 0 Å². The van der Waals surface area contributed by atoms with Gasteiger partial charge in [0.15, 0.2) is 0 Å². The van der Waals surface area contributed by atoms with Gasteiger partial charge in [0, 0.05) is 0 Å². The normalized spacial score (nSPS) is 10.9. The summed E-state index contributed by atoms with van der Waals surface area (Å²) < 4.78 is 0. The summed E-state index contributed by atoms with van der Waals surface area (Å²) in [5.41, 5.74) is 0. The van der Waals surface area contributed by atoms with Crippen LogP contribution in [0.15, 0.2) is 0 Å². The Bertz CT molecular complexity index is 80.7. The third-order valence-electron chi connectivity index (χ3n) is 1.26. The third-order valence-corrected chi connectivity index (χ3v) is 2.57. The van der Waals surface area contributed by atoms with Crippen LogP contribution in [0, 0.1) is 6.92 Å². The molecule has 0 aromatic rings. The summed E-state index contributed by atoms with van der Waals surface area (Å²) >= 11 is 0. The third kappa shape index (κ3) is 13.7. The maximum atomic E-state index is 3.79. The molecule has 1 radical (unpaired) electrons. The first kappa shape index (κ1) is 14.3. The van der Waals surface area contributed by atoms with Gasteiger partial charge in [-0.15, -0.1) is 0 Å². The Labute approximate surface area is 84.5 Å². The van der Waals surface area contributed by atoms with Crippen LogP contribution in [0.2, 0.25) is 19.6 Å². The van der Waals surface area contributed by atoms with Gasteiger partial charge in [-0.3, -0.25) is 0 Å². The second-order valence-corrected chi connectivity index (χ2v) is 9.42. The van der Waals surface area contributed by atoms with E-state index in [-0.39, 0.29) is 18.9 Å². The second-order valence-electron chi connectivity index (χ2n) is 3.94. The van der Waals surface area contributed by atoms with Gasteiger partial charge in [-0.2, -0.15) is 0 Å². The molecule has 0 saturated heterocycles. The monoisotopic (exact) mass is 166 g/mol. The van der Waals surface area contributed by atoms with Gasteiger partial charge in [0.1, 0.15) is 0 Å². The Balaban J connectivity index is 0. The van der Waals surface area contributed by atoms with Gasteiger partial charge in [-0.1, -0.05) is 33.0 Å². The van der Waals surface area contributed by atoms with Crippen LogP contribution in [-0.2, 0) is 0 Å². The summed E-state index contributed by atoms with van der Waals surface area (Å²) in [6.45, 7) is 12.1. The Morgan fingerprint density at radius 3 is 2.18 bits per heavy atom. The van der Waals surface area contributed by atoms with Gasteiger partial charge in [0.25, 0.3) is 0 Å². The number of hydrogen-bond donors (Lipinski definition) is 1. The van der Waals surface area contributed by atoms with Crippen LogP contribution >= 0.6 is 0 Å². The molecule has 1 N–H and O–H groups in total. The minimum absolute atomic E-state index is 0. The maximum absolute atomic E-state index is 3.79. The molecule has 11 heavy (non-hydrogen) atoms. The summed E-state index contributed by atoms with van der Waals surface area (Å²) in [4.78, 5) is 0. The minimum atomic E-state index is -0.839. The van der Waals surface area contributed by atoms with Gasteiger partial charge >= 0.3 is 18.9 Å². The van der Waals surface area contributed by atoms with Crippen LogP contribution in [0.4, 0.5) is 0 Å². The quantitative estimate of drug-likeness (QED) is 0.481. The molecule has 0 aromatic carbocycles. The van der Waals surface area contributed by atoms with Gasteiger partial charge in [0.2, 0.25) is 0 Å². The van der Waals surface area contributed by atoms with E-state index in [0.717, 1.165) is 13.0 Å². The van der Waals surface area contributed by atoms with Crippen molar-refractivity contribution in [1.82, 2.24) is 5.32 Å². The molecular formula is C8H21LiNSi. The molecule has 0 aromatic heterocycles. The predicted molar refractivity (Wildman–Crippen MR) is 58.0 cm³/mol. The molecule has 0 atom stereocenters. The van der Waals surface area contributed by atoms with Crippen molar-refractivity contribution in [2.75, 3.05) is 12.7 Å². The molecule has 0 aliphatic rings. The standard InChI is InChI=1S/C8H20NSi.Li.H/c1-5-6-7-9-8-10(2,3)4;;/h9H,1,5-8H2,2-4H3;;. The van der Waals surface area contributed by atoms with E-state index in [1.165, 1.54) is 12.6 Å². The van der Waals surface area contributed by atoms with Crippen molar-refractivity contribution in [1.29, 1.82) is 0 Å². The summed E-state index contributed by atoms with van der Waals surface area (Å²) in [5.74, 6) is 0. The zero-order valence-corrected chi connectivity index (χ0v) is 8.54. The number of hydrogen-bond acceptors (Lipinski definition) is 1. The van der Waals surface area contributed by atoms with Crippen LogP contribution in [0.1, 0.15) is 12.8 Å². The Kier molecular flexibility index (Phi) is 9.66. The molecule has 63 valence electrons. The summed E-state index contributed by atoms with van der Waals surface area (Å²) in [7, 11) is -0.839. The van der Waals surface area contributed by atoms with E-state index in [9.17, 15) is 0 Å². The van der Waals surface area contributed by atoms with Crippen molar-refractivity contribution in [3.8, 4) is 0 Å². The summed E-state index contributed by atoms with van der Waals surface area (Å²) in [6.07, 6.45) is 3.51. The average Bonchev–Trinajstić information content (AvgIpc) is 1.78. The van der Waals surface area contributed by atoms with Crippen molar-refractivity contribution >= 4 is 26.9 Å². The van der Waals surface area contributed by atoms with Crippen LogP contribution in [0.3, 0.4) is 0 Å². The van der Waals surface area contributed by atoms with Crippen LogP contribution in [-0.4, -0.2) is 39.6 Å². The molecule has 1 nitrogen and oxygen atoms in total. The zero-order chi connectivity index (χ0) is 8.04. The Morgan fingerprint density at radius 2 is 1.82 bits per heavy atom. The second kappa shape index (κ2) is 7.42. The average molecular weight is 166 g/mol. The molecule has 0 aliphatic heterocycles. The molecule has 0 unspecified atom stereocenters. The van der Waals surface area contributed by atoms with Crippen LogP contribution < -0.4 is 5.32 Å². The molecule has 0 bridgehead atoms. The van der Waals surface area contributed by atoms with Crippen LogP contribution in [0.25, 0.3) is 0 Å². The fourth-order valence-electron chi connectivity index (χ4n) is 0.713. The van der Waals surface area contributed by atoms with Gasteiger partial charge in [-0.05, 0) is 19.1 Å². The van der Waals surface area contributed by atoms with E-state index in [2.05, 4.69) is 31.9 Å². The SMILES string of the molecule is [CH2]CCCNC[Si](C)(C)C.[LiH]. The molecule has 0 saturated carbocycles. The van der Waals surface area contributed by atoms with E-state index in [0.29, 0.717) is 0 Å². The van der Waals surface area contributed by atoms with Crippen molar-refractivity contribution in [3.05, 3.63) is 6.92 Å².